The second kappa shape index (κ2) is 6.53. The number of hydrogen-bond donors (Lipinski definition) is 3. The van der Waals surface area contributed by atoms with Crippen LogP contribution in [0.3, 0.4) is 0 Å². The molecule has 2 aliphatic heterocycles. The normalized spacial score (nSPS) is 20.5. The molecule has 1 aromatic carbocycles. The summed E-state index contributed by atoms with van der Waals surface area (Å²) in [5.74, 6) is -0.0575. The summed E-state index contributed by atoms with van der Waals surface area (Å²) < 4.78 is -0.314. The molecule has 4 N–H and O–H groups in total. The number of nitrogens with zero attached hydrogens (tertiary/aromatic N) is 1. The highest BCUT2D eigenvalue weighted by Gasteiger charge is 2.46. The second-order valence-electron chi connectivity index (χ2n) is 7.32. The maximum absolute atomic E-state index is 12.7. The number of nitrogens with two attached hydrogens (primary N) is 1. The van der Waals surface area contributed by atoms with Gasteiger partial charge in [-0.2, -0.15) is 11.8 Å². The Balaban J connectivity index is 1.70. The van der Waals surface area contributed by atoms with Gasteiger partial charge in [-0.05, 0) is 45.1 Å². The molecule has 0 aliphatic carbocycles. The Bertz CT molecular complexity index is 683. The van der Waals surface area contributed by atoms with Gasteiger partial charge in [0.05, 0.1) is 17.4 Å². The molecule has 6 nitrogen and oxygen atoms in total. The number of hydrogen-bond acceptors (Lipinski definition) is 5. The van der Waals surface area contributed by atoms with Crippen LogP contribution >= 0.6 is 11.8 Å². The molecule has 136 valence electrons. The molecule has 7 heteroatoms. The van der Waals surface area contributed by atoms with E-state index >= 15 is 0 Å². The van der Waals surface area contributed by atoms with Gasteiger partial charge in [0.2, 0.25) is 11.8 Å². The third-order valence-corrected chi connectivity index (χ3v) is 6.76. The number of nitrogens with one attached hydrogen (secondary N) is 2. The Morgan fingerprint density at radius 1 is 1.28 bits per heavy atom. The Morgan fingerprint density at radius 2 is 1.88 bits per heavy atom. The van der Waals surface area contributed by atoms with Crippen molar-refractivity contribution in [1.82, 2.24) is 4.90 Å². The van der Waals surface area contributed by atoms with Crippen molar-refractivity contribution < 1.29 is 9.59 Å². The number of rotatable bonds is 3. The zero-order chi connectivity index (χ0) is 18.2. The first-order chi connectivity index (χ1) is 11.8. The highest BCUT2D eigenvalue weighted by molar-refractivity contribution is 8.00. The molecule has 25 heavy (non-hydrogen) atoms. The van der Waals surface area contributed by atoms with E-state index in [2.05, 4.69) is 10.6 Å². The molecule has 2 aliphatic rings. The van der Waals surface area contributed by atoms with E-state index in [9.17, 15) is 9.59 Å². The molecule has 1 fully saturated rings. The lowest BCUT2D eigenvalue weighted by Crippen LogP contribution is -2.61. The zero-order valence-corrected chi connectivity index (χ0v) is 15.8. The van der Waals surface area contributed by atoms with E-state index in [0.717, 1.165) is 11.4 Å². The Morgan fingerprint density at radius 3 is 2.48 bits per heavy atom. The molecule has 0 bridgehead atoms. The lowest BCUT2D eigenvalue weighted by atomic mass is 9.84. The zero-order valence-electron chi connectivity index (χ0n) is 15.0. The largest absolute Gasteiger partial charge is 0.369 e. The predicted molar refractivity (Wildman–Crippen MR) is 103 cm³/mol. The van der Waals surface area contributed by atoms with Gasteiger partial charge in [-0.1, -0.05) is 12.1 Å². The standard InChI is InChI=1S/C18H26N4O2S/c1-17(2,25-3)14(19)15(23)22-10-8-18(9-11-22)16(24)20-12-6-4-5-7-13(12)21-18/h4-7,14,21H,8-11,19H2,1-3H3,(H,20,24)/t14-/m1/s1. The molecule has 0 unspecified atom stereocenters. The van der Waals surface area contributed by atoms with Gasteiger partial charge in [-0.3, -0.25) is 9.59 Å². The molecule has 1 spiro atoms. The van der Waals surface area contributed by atoms with Crippen molar-refractivity contribution in [2.24, 2.45) is 5.73 Å². The average Bonchev–Trinajstić information content (AvgIpc) is 2.62. The van der Waals surface area contributed by atoms with Crippen molar-refractivity contribution in [1.29, 1.82) is 0 Å². The smallest absolute Gasteiger partial charge is 0.250 e. The third kappa shape index (κ3) is 3.22. The second-order valence-corrected chi connectivity index (χ2v) is 8.78. The third-order valence-electron chi connectivity index (χ3n) is 5.45. The van der Waals surface area contributed by atoms with Gasteiger partial charge in [-0.25, -0.2) is 0 Å². The molecule has 1 saturated heterocycles. The number of piperidine rings is 1. The monoisotopic (exact) mass is 362 g/mol. The van der Waals surface area contributed by atoms with Crippen LogP contribution in [0.1, 0.15) is 26.7 Å². The number of anilines is 2. The van der Waals surface area contributed by atoms with Gasteiger partial charge >= 0.3 is 0 Å². The van der Waals surface area contributed by atoms with E-state index < -0.39 is 11.6 Å². The predicted octanol–water partition coefficient (Wildman–Crippen LogP) is 1.88. The van der Waals surface area contributed by atoms with Crippen molar-refractivity contribution in [3.63, 3.8) is 0 Å². The minimum absolute atomic E-state index is 0.0213. The Kier molecular flexibility index (Phi) is 4.72. The number of para-hydroxylation sites is 2. The summed E-state index contributed by atoms with van der Waals surface area (Å²) >= 11 is 1.59. The van der Waals surface area contributed by atoms with E-state index in [4.69, 9.17) is 5.73 Å². The van der Waals surface area contributed by atoms with Crippen molar-refractivity contribution >= 4 is 35.0 Å². The first-order valence-electron chi connectivity index (χ1n) is 8.57. The van der Waals surface area contributed by atoms with Crippen LogP contribution in [0.2, 0.25) is 0 Å². The molecule has 1 atom stereocenters. The Labute approximate surface area is 152 Å². The molecular weight excluding hydrogens is 336 g/mol. The van der Waals surface area contributed by atoms with Crippen molar-refractivity contribution in [3.8, 4) is 0 Å². The van der Waals surface area contributed by atoms with E-state index in [0.29, 0.717) is 25.9 Å². The molecule has 0 aromatic heterocycles. The topological polar surface area (TPSA) is 87.5 Å². The highest BCUT2D eigenvalue weighted by atomic mass is 32.2. The van der Waals surface area contributed by atoms with Crippen molar-refractivity contribution in [3.05, 3.63) is 24.3 Å². The van der Waals surface area contributed by atoms with Crippen LogP contribution in [0.15, 0.2) is 24.3 Å². The minimum atomic E-state index is -0.649. The number of benzene rings is 1. The summed E-state index contributed by atoms with van der Waals surface area (Å²) in [5.41, 5.74) is 7.28. The van der Waals surface area contributed by atoms with Gasteiger partial charge in [0.1, 0.15) is 5.54 Å². The van der Waals surface area contributed by atoms with Crippen LogP contribution in [0, 0.1) is 0 Å². The number of carbonyl (C=O) groups is 2. The van der Waals surface area contributed by atoms with E-state index in [1.54, 1.807) is 16.7 Å². The van der Waals surface area contributed by atoms with Crippen LogP contribution in [0.4, 0.5) is 11.4 Å². The van der Waals surface area contributed by atoms with Crippen LogP contribution in [0.25, 0.3) is 0 Å². The summed E-state index contributed by atoms with van der Waals surface area (Å²) in [4.78, 5) is 27.2. The molecule has 1 aromatic rings. The maximum atomic E-state index is 12.7. The highest BCUT2D eigenvalue weighted by Crippen LogP contribution is 2.36. The lowest BCUT2D eigenvalue weighted by Gasteiger charge is -2.45. The van der Waals surface area contributed by atoms with Crippen LogP contribution in [-0.4, -0.2) is 52.4 Å². The number of carbonyl (C=O) groups excluding carboxylic acids is 2. The summed E-state index contributed by atoms with van der Waals surface area (Å²) in [7, 11) is 0. The number of thioether (sulfide) groups is 1. The van der Waals surface area contributed by atoms with Crippen molar-refractivity contribution in [2.75, 3.05) is 30.0 Å². The summed E-state index contributed by atoms with van der Waals surface area (Å²) in [6, 6.07) is 7.14. The van der Waals surface area contributed by atoms with Gasteiger partial charge in [-0.15, -0.1) is 0 Å². The Hall–Kier alpha value is -1.73. The summed E-state index contributed by atoms with van der Waals surface area (Å²) in [6.45, 7) is 5.02. The fourth-order valence-electron chi connectivity index (χ4n) is 3.34. The number of likely N-dealkylation sites (tertiary alicyclic amines) is 1. The van der Waals surface area contributed by atoms with Crippen molar-refractivity contribution in [2.45, 2.75) is 43.0 Å². The fourth-order valence-corrected chi connectivity index (χ4v) is 3.69. The lowest BCUT2D eigenvalue weighted by molar-refractivity contribution is -0.136. The average molecular weight is 362 g/mol. The summed E-state index contributed by atoms with van der Waals surface area (Å²) in [5, 5.41) is 6.39. The molecule has 2 amide bonds. The van der Waals surface area contributed by atoms with Crippen LogP contribution in [-0.2, 0) is 9.59 Å². The van der Waals surface area contributed by atoms with Crippen LogP contribution in [0.5, 0.6) is 0 Å². The SMILES string of the molecule is CSC(C)(C)[C@H](N)C(=O)N1CCC2(CC1)Nc1ccccc1NC2=O. The fraction of sp³-hybridized carbons (Fsp3) is 0.556. The van der Waals surface area contributed by atoms with Gasteiger partial charge in [0.25, 0.3) is 0 Å². The summed E-state index contributed by atoms with van der Waals surface area (Å²) in [6.07, 6.45) is 3.11. The van der Waals surface area contributed by atoms with E-state index in [-0.39, 0.29) is 16.6 Å². The number of amides is 2. The first-order valence-corrected chi connectivity index (χ1v) is 9.80. The molecule has 0 saturated carbocycles. The van der Waals surface area contributed by atoms with Gasteiger partial charge < -0.3 is 21.3 Å². The molecule has 2 heterocycles. The van der Waals surface area contributed by atoms with E-state index in [1.165, 1.54) is 0 Å². The molecule has 3 rings (SSSR count). The quantitative estimate of drug-likeness (QED) is 0.764. The molecule has 0 radical (unpaired) electrons. The first kappa shape index (κ1) is 18.1. The van der Waals surface area contributed by atoms with Crippen LogP contribution < -0.4 is 16.4 Å². The maximum Gasteiger partial charge on any atom is 0.250 e. The molecular formula is C18H26N4O2S. The minimum Gasteiger partial charge on any atom is -0.369 e. The number of fused-ring (bicyclic) bond motifs is 1. The van der Waals surface area contributed by atoms with Gasteiger partial charge in [0.15, 0.2) is 0 Å². The van der Waals surface area contributed by atoms with Gasteiger partial charge in [0, 0.05) is 17.8 Å². The van der Waals surface area contributed by atoms with E-state index in [1.807, 2.05) is 44.4 Å².